The second kappa shape index (κ2) is 6.85. The van der Waals surface area contributed by atoms with Crippen molar-refractivity contribution in [2.75, 3.05) is 0 Å². The van der Waals surface area contributed by atoms with Crippen LogP contribution in [0.1, 0.15) is 34.6 Å². The summed E-state index contributed by atoms with van der Waals surface area (Å²) in [5, 5.41) is 0. The van der Waals surface area contributed by atoms with Crippen LogP contribution in [0.5, 0.6) is 0 Å². The number of rotatable bonds is 3. The number of hydrogen-bond acceptors (Lipinski definition) is 2. The topological polar surface area (TPSA) is 26.3 Å². The van der Waals surface area contributed by atoms with Crippen LogP contribution in [0.2, 0.25) is 0 Å². The van der Waals surface area contributed by atoms with Gasteiger partial charge in [-0.2, -0.15) is 0 Å². The van der Waals surface area contributed by atoms with Crippen molar-refractivity contribution in [2.45, 2.75) is 34.6 Å². The van der Waals surface area contributed by atoms with Crippen molar-refractivity contribution in [1.29, 1.82) is 0 Å². The van der Waals surface area contributed by atoms with Crippen molar-refractivity contribution >= 4 is 31.3 Å². The molecule has 1 aliphatic carbocycles. The molecule has 0 amide bonds. The van der Waals surface area contributed by atoms with Crippen LogP contribution in [0.3, 0.4) is 0 Å². The van der Waals surface area contributed by atoms with E-state index < -0.39 is 19.5 Å². The van der Waals surface area contributed by atoms with Crippen LogP contribution in [0.25, 0.3) is 0 Å². The molecule has 0 aromatic carbocycles. The van der Waals surface area contributed by atoms with Gasteiger partial charge in [0.2, 0.25) is 0 Å². The summed E-state index contributed by atoms with van der Waals surface area (Å²) in [5.74, 6) is 0. The zero-order valence-electron chi connectivity index (χ0n) is 10.2. The smallest absolute Gasteiger partial charge is 0.147 e. The Morgan fingerprint density at radius 2 is 1.62 bits per heavy atom. The molecule has 1 aliphatic rings. The first-order chi connectivity index (χ1) is 6.42. The van der Waals surface area contributed by atoms with Gasteiger partial charge in [-0.3, -0.25) is 0 Å². The zero-order chi connectivity index (χ0) is 10.9. The number of hydrogen-bond donors (Lipinski definition) is 0. The molecule has 2 nitrogen and oxygen atoms in total. The van der Waals surface area contributed by atoms with E-state index >= 15 is 0 Å². The predicted octanol–water partition coefficient (Wildman–Crippen LogP) is 3.65. The van der Waals surface area contributed by atoms with Gasteiger partial charge in [0, 0.05) is 0 Å². The molecular formula is C11H18Cl2O2Ti. The molecule has 0 saturated carbocycles. The molecule has 5 heteroatoms. The molecule has 0 aliphatic heterocycles. The maximum Gasteiger partial charge on any atom is -0.147 e. The van der Waals surface area contributed by atoms with Crippen LogP contribution < -0.4 is 0 Å². The van der Waals surface area contributed by atoms with E-state index in [0.29, 0.717) is 6.47 Å². The van der Waals surface area contributed by atoms with Gasteiger partial charge in [0.25, 0.3) is 0 Å². The quantitative estimate of drug-likeness (QED) is 0.587. The number of halogens is 2. The second-order valence-corrected chi connectivity index (χ2v) is 5.66. The van der Waals surface area contributed by atoms with Gasteiger partial charge >= 0.3 is 94.8 Å². The van der Waals surface area contributed by atoms with Crippen LogP contribution in [0.15, 0.2) is 20.6 Å². The molecule has 1 rings (SSSR count). The molecule has 0 saturated heterocycles. The van der Waals surface area contributed by atoms with Crippen LogP contribution in [-0.2, 0) is 27.7 Å². The van der Waals surface area contributed by atoms with Gasteiger partial charge in [-0.15, -0.1) is 24.8 Å². The third kappa shape index (κ3) is 3.13. The van der Waals surface area contributed by atoms with Gasteiger partial charge in [0.15, 0.2) is 0 Å². The summed E-state index contributed by atoms with van der Waals surface area (Å²) in [4.78, 5) is 10.2. The molecule has 0 radical (unpaired) electrons. The maximum absolute atomic E-state index is 10.2. The molecule has 0 bridgehead atoms. The molecule has 0 heterocycles. The predicted molar refractivity (Wildman–Crippen MR) is 66.5 cm³/mol. The van der Waals surface area contributed by atoms with E-state index in [9.17, 15) is 4.79 Å². The van der Waals surface area contributed by atoms with E-state index in [0.717, 1.165) is 0 Å². The molecule has 0 unspecified atom stereocenters. The number of carbonyl (C=O) groups is 1. The van der Waals surface area contributed by atoms with Crippen LogP contribution >= 0.6 is 24.8 Å². The summed E-state index contributed by atoms with van der Waals surface area (Å²) in [6.45, 7) is 11.4. The van der Waals surface area contributed by atoms with Gasteiger partial charge in [0.05, 0.1) is 0 Å². The summed E-state index contributed by atoms with van der Waals surface area (Å²) in [6, 6.07) is 0. The van der Waals surface area contributed by atoms with Crippen molar-refractivity contribution in [3.8, 4) is 0 Å². The fraction of sp³-hybridized carbons (Fsp3) is 0.545. The first-order valence-electron chi connectivity index (χ1n) is 4.68. The summed E-state index contributed by atoms with van der Waals surface area (Å²) >= 11 is -0.730. The minimum atomic E-state index is -0.730. The summed E-state index contributed by atoms with van der Waals surface area (Å²) in [5.41, 5.74) is 4.19. The van der Waals surface area contributed by atoms with Gasteiger partial charge in [-0.05, 0) is 0 Å². The first kappa shape index (κ1) is 18.6. The Morgan fingerprint density at radius 1 is 1.12 bits per heavy atom. The van der Waals surface area contributed by atoms with E-state index in [2.05, 4.69) is 34.6 Å². The molecule has 0 fully saturated rings. The fourth-order valence-corrected chi connectivity index (χ4v) is 3.36. The van der Waals surface area contributed by atoms with Crippen LogP contribution in [0, 0.1) is 5.41 Å². The Kier molecular flexibility index (Phi) is 7.97. The summed E-state index contributed by atoms with van der Waals surface area (Å²) in [7, 11) is 0. The Hall–Kier alpha value is 0.244. The largest absolute Gasteiger partial charge is 0.147 e. The molecule has 0 spiro atoms. The van der Waals surface area contributed by atoms with Crippen molar-refractivity contribution in [1.82, 2.24) is 0 Å². The molecule has 16 heavy (non-hydrogen) atoms. The van der Waals surface area contributed by atoms with Gasteiger partial charge in [-0.1, -0.05) is 0 Å². The van der Waals surface area contributed by atoms with Gasteiger partial charge in [-0.25, -0.2) is 0 Å². The average molecular weight is 301 g/mol. The van der Waals surface area contributed by atoms with Crippen LogP contribution in [0.4, 0.5) is 0 Å². The Labute approximate surface area is 119 Å². The maximum atomic E-state index is 10.2. The molecule has 0 atom stereocenters. The van der Waals surface area contributed by atoms with E-state index in [4.69, 9.17) is 3.32 Å². The Morgan fingerprint density at radius 3 is 1.94 bits per heavy atom. The van der Waals surface area contributed by atoms with Crippen molar-refractivity contribution in [2.24, 2.45) is 5.41 Å². The Bertz CT molecular complexity index is 333. The SMILES string of the molecule is CC1=C(C)C(C)(C)[C]([Ti][O]C=O)=C1C.Cl.Cl. The normalized spacial score (nSPS) is 17.6. The third-order valence-corrected chi connectivity index (χ3v) is 5.49. The van der Waals surface area contributed by atoms with E-state index in [1.807, 2.05) is 0 Å². The van der Waals surface area contributed by atoms with Crippen molar-refractivity contribution < 1.29 is 27.7 Å². The summed E-state index contributed by atoms with van der Waals surface area (Å²) in [6.07, 6.45) is 0. The van der Waals surface area contributed by atoms with E-state index in [-0.39, 0.29) is 30.2 Å². The molecule has 92 valence electrons. The number of carbonyl (C=O) groups excluding carboxylic acids is 1. The molecule has 0 aromatic heterocycles. The standard InChI is InChI=1S/C10H15.CH2O2.2ClH.Ti/c1-7-6-10(4,5)9(3)8(7)2;2-1-3;;;/h1-5H3;1H,(H,2,3);2*1H;/q;;;;+1/p-1. The van der Waals surface area contributed by atoms with E-state index in [1.54, 1.807) is 0 Å². The van der Waals surface area contributed by atoms with Gasteiger partial charge < -0.3 is 0 Å². The zero-order valence-corrected chi connectivity index (χ0v) is 13.4. The minimum absolute atomic E-state index is 0. The Balaban J connectivity index is 0. The fourth-order valence-electron chi connectivity index (χ4n) is 1.88. The number of allylic oxidation sites excluding steroid dienone is 4. The molecule has 0 aromatic rings. The van der Waals surface area contributed by atoms with Crippen molar-refractivity contribution in [3.05, 3.63) is 20.6 Å². The summed E-state index contributed by atoms with van der Waals surface area (Å²) < 4.78 is 6.33. The molecular weight excluding hydrogens is 283 g/mol. The van der Waals surface area contributed by atoms with Gasteiger partial charge in [0.1, 0.15) is 0 Å². The minimum Gasteiger partial charge on any atom is -0.147 e. The first-order valence-corrected chi connectivity index (χ1v) is 6.09. The third-order valence-electron chi connectivity index (χ3n) is 3.27. The molecule has 0 N–H and O–H groups in total. The average Bonchev–Trinajstić information content (AvgIpc) is 2.27. The van der Waals surface area contributed by atoms with E-state index in [1.165, 1.54) is 20.6 Å². The second-order valence-electron chi connectivity index (χ2n) is 4.19. The monoisotopic (exact) mass is 300 g/mol. The van der Waals surface area contributed by atoms with Crippen molar-refractivity contribution in [3.63, 3.8) is 0 Å². The van der Waals surface area contributed by atoms with Crippen LogP contribution in [-0.4, -0.2) is 6.47 Å².